The summed E-state index contributed by atoms with van der Waals surface area (Å²) < 4.78 is 0. The van der Waals surface area contributed by atoms with E-state index in [4.69, 9.17) is 26.9 Å². The van der Waals surface area contributed by atoms with E-state index >= 15 is 0 Å². The van der Waals surface area contributed by atoms with Crippen molar-refractivity contribution in [3.63, 3.8) is 0 Å². The van der Waals surface area contributed by atoms with Gasteiger partial charge in [-0.05, 0) is 48.0 Å². The molecule has 0 unspecified atom stereocenters. The molecule has 126 valence electrons. The molecule has 3 nitrogen and oxygen atoms in total. The van der Waals surface area contributed by atoms with Crippen LogP contribution in [0.15, 0.2) is 0 Å². The number of aliphatic hydroxyl groups excluding tert-OH is 3. The summed E-state index contributed by atoms with van der Waals surface area (Å²) >= 11 is 5.42. The summed E-state index contributed by atoms with van der Waals surface area (Å²) in [6.45, 7) is 14.0. The van der Waals surface area contributed by atoms with Crippen LogP contribution in [0.25, 0.3) is 0 Å². The van der Waals surface area contributed by atoms with Crippen LogP contribution in [0.1, 0.15) is 67.2 Å². The Balaban J connectivity index is -0.0000000512. The van der Waals surface area contributed by atoms with Crippen LogP contribution in [0.3, 0.4) is 0 Å². The molecule has 0 fully saturated rings. The molecular formula is C15H36ClO3Ti-. The zero-order valence-corrected chi connectivity index (χ0v) is 16.5. The summed E-state index contributed by atoms with van der Waals surface area (Å²) in [6.07, 6.45) is 4.17. The summed E-state index contributed by atoms with van der Waals surface area (Å²) in [5, 5.41) is 24.2. The van der Waals surface area contributed by atoms with Crippen molar-refractivity contribution in [3.8, 4) is 0 Å². The van der Waals surface area contributed by atoms with Gasteiger partial charge in [0.1, 0.15) is 0 Å². The first-order valence-electron chi connectivity index (χ1n) is 7.01. The molecule has 0 aromatic heterocycles. The first kappa shape index (κ1) is 32.7. The minimum atomic E-state index is -0.167. The van der Waals surface area contributed by atoms with Crippen LogP contribution < -0.4 is 0 Å². The fourth-order valence-electron chi connectivity index (χ4n) is 0.448. The second kappa shape index (κ2) is 32.0. The average Bonchev–Trinajstić information content (AvgIpc) is 2.15. The van der Waals surface area contributed by atoms with E-state index in [1.165, 1.54) is 12.8 Å². The quantitative estimate of drug-likeness (QED) is 0.314. The molecule has 0 aliphatic carbocycles. The van der Waals surface area contributed by atoms with Crippen molar-refractivity contribution >= 4 is 11.6 Å². The normalized spacial score (nSPS) is 8.70. The van der Waals surface area contributed by atoms with E-state index in [1.54, 1.807) is 41.5 Å². The Labute approximate surface area is 147 Å². The first-order chi connectivity index (χ1) is 8.61. The second-order valence-corrected chi connectivity index (χ2v) is 5.26. The average molecular weight is 348 g/mol. The number of hydrogen-bond acceptors (Lipinski definition) is 3. The third-order valence-electron chi connectivity index (χ3n) is 0.884. The Morgan fingerprint density at radius 2 is 1.00 bits per heavy atom. The van der Waals surface area contributed by atoms with Gasteiger partial charge in [0.15, 0.2) is 0 Å². The summed E-state index contributed by atoms with van der Waals surface area (Å²) in [7, 11) is 0. The molecule has 0 aromatic carbocycles. The molecule has 3 N–H and O–H groups in total. The van der Waals surface area contributed by atoms with Gasteiger partial charge in [-0.2, -0.15) is 6.42 Å². The maximum atomic E-state index is 8.06. The number of aliphatic hydroxyl groups is 3. The van der Waals surface area contributed by atoms with Gasteiger partial charge in [-0.3, -0.25) is 0 Å². The first-order valence-corrected chi connectivity index (χ1v) is 7.54. The van der Waals surface area contributed by atoms with Crippen LogP contribution >= 0.6 is 11.6 Å². The van der Waals surface area contributed by atoms with Crippen LogP contribution in [0.4, 0.5) is 0 Å². The van der Waals surface area contributed by atoms with Gasteiger partial charge >= 0.3 is 0 Å². The molecule has 0 saturated carbocycles. The third-order valence-corrected chi connectivity index (χ3v) is 1.15. The van der Waals surface area contributed by atoms with Gasteiger partial charge in [-0.15, -0.1) is 11.6 Å². The topological polar surface area (TPSA) is 60.7 Å². The monoisotopic (exact) mass is 347 g/mol. The molecule has 0 aliphatic rings. The van der Waals surface area contributed by atoms with Crippen LogP contribution in [0, 0.1) is 6.92 Å². The van der Waals surface area contributed by atoms with Crippen molar-refractivity contribution in [2.24, 2.45) is 0 Å². The van der Waals surface area contributed by atoms with Gasteiger partial charge in [0.2, 0.25) is 0 Å². The van der Waals surface area contributed by atoms with Crippen molar-refractivity contribution in [2.45, 2.75) is 85.5 Å². The van der Waals surface area contributed by atoms with Crippen LogP contribution in [-0.4, -0.2) is 39.5 Å². The maximum Gasteiger partial charge on any atom is 0.0483 e. The summed E-state index contributed by atoms with van der Waals surface area (Å²) in [5.74, 6) is 0.806. The Morgan fingerprint density at radius 3 is 1.15 bits per heavy atom. The molecule has 0 aliphatic heterocycles. The molecule has 0 saturated heterocycles. The summed E-state index contributed by atoms with van der Waals surface area (Å²) in [6, 6.07) is 0. The van der Waals surface area contributed by atoms with Crippen molar-refractivity contribution in [3.05, 3.63) is 6.92 Å². The minimum absolute atomic E-state index is 0. The van der Waals surface area contributed by atoms with E-state index in [0.717, 1.165) is 18.7 Å². The SMILES string of the molecule is CC(C)O.CC(C)O.CC(C)O.[CH2-]CCCCCCl.[Ti]. The summed E-state index contributed by atoms with van der Waals surface area (Å²) in [5.41, 5.74) is 0. The van der Waals surface area contributed by atoms with E-state index in [2.05, 4.69) is 6.92 Å². The Hall–Kier alpha value is 0.884. The van der Waals surface area contributed by atoms with Crippen LogP contribution in [0.2, 0.25) is 0 Å². The second-order valence-electron chi connectivity index (χ2n) is 4.88. The van der Waals surface area contributed by atoms with Gasteiger partial charge < -0.3 is 22.2 Å². The van der Waals surface area contributed by atoms with Crippen molar-refractivity contribution < 1.29 is 37.0 Å². The van der Waals surface area contributed by atoms with E-state index in [1.807, 2.05) is 0 Å². The van der Waals surface area contributed by atoms with Gasteiger partial charge in [0.05, 0.1) is 0 Å². The number of unbranched alkanes of at least 4 members (excludes halogenated alkanes) is 3. The van der Waals surface area contributed by atoms with E-state index in [9.17, 15) is 0 Å². The zero-order chi connectivity index (χ0) is 16.3. The predicted octanol–water partition coefficient (Wildman–Crippen LogP) is 3.78. The molecule has 20 heavy (non-hydrogen) atoms. The number of alkyl halides is 1. The zero-order valence-electron chi connectivity index (χ0n) is 14.2. The third kappa shape index (κ3) is 253. The number of hydrogen-bond donors (Lipinski definition) is 3. The standard InChI is InChI=1S/C6H12Cl.3C3H8O.Ti/c1-2-3-4-5-6-7;3*1-3(2)4;/h1-6H2;3*3-4H,1-2H3;/q-1;;;;. The molecule has 0 spiro atoms. The van der Waals surface area contributed by atoms with Crippen LogP contribution in [-0.2, 0) is 21.7 Å². The largest absolute Gasteiger partial charge is 0.394 e. The Morgan fingerprint density at radius 1 is 0.750 bits per heavy atom. The van der Waals surface area contributed by atoms with Crippen molar-refractivity contribution in [2.75, 3.05) is 5.88 Å². The van der Waals surface area contributed by atoms with Crippen molar-refractivity contribution in [1.82, 2.24) is 0 Å². The maximum absolute atomic E-state index is 8.06. The number of rotatable bonds is 4. The fourth-order valence-corrected chi connectivity index (χ4v) is 0.637. The van der Waals surface area contributed by atoms with E-state index < -0.39 is 0 Å². The molecule has 5 heteroatoms. The van der Waals surface area contributed by atoms with Gasteiger partial charge in [-0.1, -0.05) is 12.8 Å². The molecule has 0 aromatic rings. The smallest absolute Gasteiger partial charge is 0.0483 e. The minimum Gasteiger partial charge on any atom is -0.394 e. The Kier molecular flexibility index (Phi) is 52.4. The van der Waals surface area contributed by atoms with Gasteiger partial charge in [0, 0.05) is 45.9 Å². The molecular weight excluding hydrogens is 311 g/mol. The molecule has 0 bridgehead atoms. The molecule has 0 heterocycles. The molecule has 0 rings (SSSR count). The van der Waals surface area contributed by atoms with Gasteiger partial charge in [0.25, 0.3) is 0 Å². The van der Waals surface area contributed by atoms with Gasteiger partial charge in [-0.25, -0.2) is 0 Å². The number of halogens is 1. The Bertz CT molecular complexity index is 97.2. The summed E-state index contributed by atoms with van der Waals surface area (Å²) in [4.78, 5) is 0. The molecule has 0 amide bonds. The van der Waals surface area contributed by atoms with E-state index in [0.29, 0.717) is 0 Å². The van der Waals surface area contributed by atoms with Crippen LogP contribution in [0.5, 0.6) is 0 Å². The van der Waals surface area contributed by atoms with E-state index in [-0.39, 0.29) is 40.0 Å². The molecule has 0 atom stereocenters. The molecule has 0 radical (unpaired) electrons. The predicted molar refractivity (Wildman–Crippen MR) is 86.6 cm³/mol. The fraction of sp³-hybridized carbons (Fsp3) is 0.933. The van der Waals surface area contributed by atoms with Crippen molar-refractivity contribution in [1.29, 1.82) is 0 Å².